The fourth-order valence-corrected chi connectivity index (χ4v) is 1.54. The Labute approximate surface area is 113 Å². The van der Waals surface area contributed by atoms with Crippen LogP contribution in [0.2, 0.25) is 5.02 Å². The number of rotatable bonds is 3. The van der Waals surface area contributed by atoms with Crippen LogP contribution in [0.3, 0.4) is 0 Å². The molecule has 0 aliphatic carbocycles. The average Bonchev–Trinajstić information content (AvgIpc) is 2.70. The van der Waals surface area contributed by atoms with E-state index in [2.05, 4.69) is 4.84 Å². The van der Waals surface area contributed by atoms with Crippen molar-refractivity contribution in [3.63, 3.8) is 0 Å². The van der Waals surface area contributed by atoms with Gasteiger partial charge in [0, 0.05) is 22.7 Å². The maximum atomic E-state index is 11.4. The van der Waals surface area contributed by atoms with E-state index < -0.39 is 17.9 Å². The van der Waals surface area contributed by atoms with Gasteiger partial charge in [0.15, 0.2) is 0 Å². The third-order valence-electron chi connectivity index (χ3n) is 2.27. The van der Waals surface area contributed by atoms with Gasteiger partial charge in [-0.1, -0.05) is 29.8 Å². The number of carbonyl (C=O) groups excluding carboxylic acids is 1. The molecule has 0 bridgehead atoms. The van der Waals surface area contributed by atoms with Crippen LogP contribution in [0.1, 0.15) is 5.56 Å². The summed E-state index contributed by atoms with van der Waals surface area (Å²) in [5.74, 6) is -0.848. The van der Waals surface area contributed by atoms with Gasteiger partial charge in [-0.3, -0.25) is 4.84 Å². The lowest BCUT2D eigenvalue weighted by molar-refractivity contribution is 0.0311. The van der Waals surface area contributed by atoms with Gasteiger partial charge in [0.25, 0.3) is 0 Å². The fraction of sp³-hybridized carbons (Fsp3) is 0.0833. The van der Waals surface area contributed by atoms with Crippen molar-refractivity contribution >= 4 is 17.8 Å². The van der Waals surface area contributed by atoms with Gasteiger partial charge in [-0.2, -0.15) is 0 Å². The van der Waals surface area contributed by atoms with Gasteiger partial charge in [0.05, 0.1) is 0 Å². The van der Waals surface area contributed by atoms with Crippen LogP contribution in [0.25, 0.3) is 0 Å². The number of benzene rings is 1. The van der Waals surface area contributed by atoms with Gasteiger partial charge in [-0.25, -0.2) is 4.79 Å². The minimum absolute atomic E-state index is 0.0820. The predicted octanol–water partition coefficient (Wildman–Crippen LogP) is 2.32. The van der Waals surface area contributed by atoms with Gasteiger partial charge in [-0.05, 0) is 6.07 Å². The molecule has 0 saturated heterocycles. The Kier molecular flexibility index (Phi) is 3.82. The smallest absolute Gasteiger partial charge is 0.492 e. The molecule has 0 fully saturated rings. The Morgan fingerprint density at radius 3 is 2.42 bits per heavy atom. The van der Waals surface area contributed by atoms with Crippen LogP contribution >= 0.6 is 11.6 Å². The topological polar surface area (TPSA) is 80.9 Å². The van der Waals surface area contributed by atoms with Crippen LogP contribution in [0, 0.1) is 0 Å². The molecule has 0 unspecified atom stereocenters. The zero-order valence-electron chi connectivity index (χ0n) is 9.62. The quantitative estimate of drug-likeness (QED) is 0.845. The number of hydrogen-bond acceptors (Lipinski definition) is 5. The summed E-state index contributed by atoms with van der Waals surface area (Å²) in [7, 11) is 0. The van der Waals surface area contributed by atoms with Crippen LogP contribution in [0.5, 0.6) is 11.8 Å². The minimum atomic E-state index is -1.08. The molecule has 0 aliphatic heterocycles. The summed E-state index contributed by atoms with van der Waals surface area (Å²) >= 11 is 5.88. The SMILES string of the molecule is O=C(OCc1ccccc1Cl)On1c(O)ccc1O. The summed E-state index contributed by atoms with van der Waals surface area (Å²) in [6.07, 6.45) is -1.08. The molecule has 0 radical (unpaired) electrons. The first-order valence-corrected chi connectivity index (χ1v) is 5.64. The molecule has 1 aromatic carbocycles. The normalized spacial score (nSPS) is 10.2. The Bertz CT molecular complexity index is 576. The molecule has 0 amide bonds. The standard InChI is InChI=1S/C12H10ClNO5/c13-9-4-2-1-3-8(9)7-18-12(17)19-14-10(15)5-6-11(14)16/h1-6,15-16H,7H2. The van der Waals surface area contributed by atoms with Gasteiger partial charge < -0.3 is 14.9 Å². The Morgan fingerprint density at radius 2 is 1.79 bits per heavy atom. The summed E-state index contributed by atoms with van der Waals surface area (Å²) in [6.45, 7) is -0.0820. The van der Waals surface area contributed by atoms with E-state index in [1.165, 1.54) is 0 Å². The molecule has 0 spiro atoms. The summed E-state index contributed by atoms with van der Waals surface area (Å²) < 4.78 is 5.34. The molecule has 7 heteroatoms. The predicted molar refractivity (Wildman–Crippen MR) is 66.0 cm³/mol. The number of nitrogens with zero attached hydrogens (tertiary/aromatic N) is 1. The third kappa shape index (κ3) is 3.11. The zero-order valence-corrected chi connectivity index (χ0v) is 10.4. The molecule has 19 heavy (non-hydrogen) atoms. The van der Waals surface area contributed by atoms with E-state index in [1.807, 2.05) is 0 Å². The van der Waals surface area contributed by atoms with Crippen molar-refractivity contribution in [2.45, 2.75) is 6.61 Å². The number of aromatic hydroxyl groups is 2. The van der Waals surface area contributed by atoms with Crippen LogP contribution in [0.15, 0.2) is 36.4 Å². The van der Waals surface area contributed by atoms with Crippen LogP contribution in [-0.4, -0.2) is 21.1 Å². The summed E-state index contributed by atoms with van der Waals surface area (Å²) in [5.41, 5.74) is 0.613. The fourth-order valence-electron chi connectivity index (χ4n) is 1.35. The van der Waals surface area contributed by atoms with Gasteiger partial charge in [0.1, 0.15) is 6.61 Å². The molecule has 0 aliphatic rings. The van der Waals surface area contributed by atoms with Crippen LogP contribution in [0.4, 0.5) is 4.79 Å². The Balaban J connectivity index is 1.94. The lowest BCUT2D eigenvalue weighted by Crippen LogP contribution is -2.20. The maximum absolute atomic E-state index is 11.4. The molecule has 2 aromatic rings. The number of halogens is 1. The summed E-state index contributed by atoms with van der Waals surface area (Å²) in [4.78, 5) is 16.0. The van der Waals surface area contributed by atoms with Crippen molar-refractivity contribution in [1.82, 2.24) is 4.73 Å². The third-order valence-corrected chi connectivity index (χ3v) is 2.64. The lowest BCUT2D eigenvalue weighted by atomic mass is 10.2. The molecular weight excluding hydrogens is 274 g/mol. The Hall–Kier alpha value is -2.34. The molecule has 1 heterocycles. The molecule has 100 valence electrons. The monoisotopic (exact) mass is 283 g/mol. The molecule has 2 N–H and O–H groups in total. The molecule has 6 nitrogen and oxygen atoms in total. The van der Waals surface area contributed by atoms with E-state index in [-0.39, 0.29) is 6.61 Å². The number of carbonyl (C=O) groups is 1. The van der Waals surface area contributed by atoms with Crippen molar-refractivity contribution < 1.29 is 24.6 Å². The van der Waals surface area contributed by atoms with Crippen molar-refractivity contribution in [2.75, 3.05) is 0 Å². The number of ether oxygens (including phenoxy) is 1. The first-order chi connectivity index (χ1) is 9.08. The molecule has 2 rings (SSSR count). The van der Waals surface area contributed by atoms with E-state index in [1.54, 1.807) is 24.3 Å². The van der Waals surface area contributed by atoms with E-state index in [4.69, 9.17) is 16.3 Å². The highest BCUT2D eigenvalue weighted by Gasteiger charge is 2.13. The van der Waals surface area contributed by atoms with Crippen LogP contribution < -0.4 is 4.84 Å². The largest absolute Gasteiger partial charge is 0.534 e. The first kappa shape index (κ1) is 13.1. The highest BCUT2D eigenvalue weighted by Crippen LogP contribution is 2.19. The van der Waals surface area contributed by atoms with E-state index >= 15 is 0 Å². The van der Waals surface area contributed by atoms with E-state index in [0.717, 1.165) is 12.1 Å². The van der Waals surface area contributed by atoms with Gasteiger partial charge in [0.2, 0.25) is 11.8 Å². The lowest BCUT2D eigenvalue weighted by Gasteiger charge is -2.08. The van der Waals surface area contributed by atoms with Crippen molar-refractivity contribution in [2.24, 2.45) is 0 Å². The molecular formula is C12H10ClNO5. The number of aromatic nitrogens is 1. The first-order valence-electron chi connectivity index (χ1n) is 5.26. The Morgan fingerprint density at radius 1 is 1.16 bits per heavy atom. The maximum Gasteiger partial charge on any atom is 0.534 e. The molecule has 0 saturated carbocycles. The average molecular weight is 284 g/mol. The number of hydrogen-bond donors (Lipinski definition) is 2. The van der Waals surface area contributed by atoms with Crippen LogP contribution in [-0.2, 0) is 11.3 Å². The second-order valence-electron chi connectivity index (χ2n) is 3.57. The summed E-state index contributed by atoms with van der Waals surface area (Å²) in [5, 5.41) is 19.0. The molecule has 0 atom stereocenters. The van der Waals surface area contributed by atoms with Gasteiger partial charge >= 0.3 is 6.16 Å². The second-order valence-corrected chi connectivity index (χ2v) is 3.97. The molecule has 1 aromatic heterocycles. The van der Waals surface area contributed by atoms with Gasteiger partial charge in [-0.15, -0.1) is 4.73 Å². The van der Waals surface area contributed by atoms with E-state index in [9.17, 15) is 15.0 Å². The summed E-state index contributed by atoms with van der Waals surface area (Å²) in [6, 6.07) is 9.18. The van der Waals surface area contributed by atoms with E-state index in [0.29, 0.717) is 15.3 Å². The minimum Gasteiger partial charge on any atom is -0.492 e. The second kappa shape index (κ2) is 5.53. The highest BCUT2D eigenvalue weighted by molar-refractivity contribution is 6.31. The van der Waals surface area contributed by atoms with Crippen molar-refractivity contribution in [3.8, 4) is 11.8 Å². The van der Waals surface area contributed by atoms with Crippen molar-refractivity contribution in [1.29, 1.82) is 0 Å². The van der Waals surface area contributed by atoms with Crippen molar-refractivity contribution in [3.05, 3.63) is 47.0 Å². The zero-order chi connectivity index (χ0) is 13.8. The highest BCUT2D eigenvalue weighted by atomic mass is 35.5.